The van der Waals surface area contributed by atoms with Crippen LogP contribution < -0.4 is 0 Å². The molecule has 0 radical (unpaired) electrons. The summed E-state index contributed by atoms with van der Waals surface area (Å²) < 4.78 is 0. The van der Waals surface area contributed by atoms with Gasteiger partial charge in [-0.05, 0) is 42.4 Å². The van der Waals surface area contributed by atoms with Gasteiger partial charge in [0.25, 0.3) is 0 Å². The van der Waals surface area contributed by atoms with Crippen LogP contribution in [-0.2, 0) is 12.8 Å². The third-order valence-corrected chi connectivity index (χ3v) is 7.56. The minimum atomic E-state index is 0.130. The predicted octanol–water partition coefficient (Wildman–Crippen LogP) is 6.21. The number of hydrogen-bond donors (Lipinski definition) is 0. The lowest BCUT2D eigenvalue weighted by atomic mass is 9.97. The van der Waals surface area contributed by atoms with Crippen LogP contribution in [0, 0.1) is 0 Å². The fourth-order valence-electron chi connectivity index (χ4n) is 3.87. The van der Waals surface area contributed by atoms with Gasteiger partial charge in [0.05, 0.1) is 5.75 Å². The quantitative estimate of drug-likeness (QED) is 0.220. The molecule has 0 saturated heterocycles. The Morgan fingerprint density at radius 1 is 0.931 bits per heavy atom. The third kappa shape index (κ3) is 3.72. The van der Waals surface area contributed by atoms with E-state index in [9.17, 15) is 4.79 Å². The lowest BCUT2D eigenvalue weighted by Gasteiger charge is -2.11. The molecular weight excluding hydrogens is 396 g/mol. The van der Waals surface area contributed by atoms with E-state index >= 15 is 0 Å². The summed E-state index contributed by atoms with van der Waals surface area (Å²) in [6.45, 7) is 0. The van der Waals surface area contributed by atoms with Crippen LogP contribution in [0.25, 0.3) is 21.3 Å². The van der Waals surface area contributed by atoms with E-state index < -0.39 is 0 Å². The molecule has 1 aliphatic rings. The molecule has 0 aliphatic heterocycles. The number of fused-ring (bicyclic) bond motifs is 3. The Bertz CT molecular complexity index is 1170. The molecular formula is C24H20N2OS2. The van der Waals surface area contributed by atoms with E-state index in [0.29, 0.717) is 5.75 Å². The fourth-order valence-corrected chi connectivity index (χ4v) is 6.08. The number of thiophene rings is 1. The molecule has 0 bridgehead atoms. The van der Waals surface area contributed by atoms with Crippen molar-refractivity contribution in [2.45, 2.75) is 30.7 Å². The monoisotopic (exact) mass is 416 g/mol. The summed E-state index contributed by atoms with van der Waals surface area (Å²) in [6, 6.07) is 18.1. The van der Waals surface area contributed by atoms with Gasteiger partial charge in [0, 0.05) is 15.8 Å². The minimum Gasteiger partial charge on any atom is -0.293 e. The highest BCUT2D eigenvalue weighted by molar-refractivity contribution is 8.00. The summed E-state index contributed by atoms with van der Waals surface area (Å²) >= 11 is 3.33. The van der Waals surface area contributed by atoms with Gasteiger partial charge in [0.15, 0.2) is 5.78 Å². The number of rotatable bonds is 5. The molecule has 0 atom stereocenters. The van der Waals surface area contributed by atoms with Crippen molar-refractivity contribution < 1.29 is 4.79 Å². The van der Waals surface area contributed by atoms with Crippen molar-refractivity contribution >= 4 is 39.1 Å². The standard InChI is InChI=1S/C24H20N2OS2/c27-20(18-12-10-17(11-13-18)16-6-2-1-3-7-16)14-28-23-22-19-8-4-5-9-21(19)29-24(22)26-15-25-23/h1-3,6-7,10-13,15H,4-5,8-9,14H2. The summed E-state index contributed by atoms with van der Waals surface area (Å²) in [4.78, 5) is 24.3. The number of carbonyl (C=O) groups is 1. The first-order chi connectivity index (χ1) is 14.3. The van der Waals surface area contributed by atoms with Gasteiger partial charge in [-0.3, -0.25) is 4.79 Å². The second kappa shape index (κ2) is 8.09. The zero-order valence-electron chi connectivity index (χ0n) is 15.9. The van der Waals surface area contributed by atoms with Gasteiger partial charge >= 0.3 is 0 Å². The molecule has 0 saturated carbocycles. The number of aromatic nitrogens is 2. The van der Waals surface area contributed by atoms with E-state index in [0.717, 1.165) is 39.4 Å². The number of carbonyl (C=O) groups excluding carboxylic acids is 1. The molecule has 144 valence electrons. The Labute approximate surface area is 178 Å². The number of benzene rings is 2. The summed E-state index contributed by atoms with van der Waals surface area (Å²) in [5, 5.41) is 2.13. The minimum absolute atomic E-state index is 0.130. The number of nitrogens with zero attached hydrogens (tertiary/aromatic N) is 2. The van der Waals surface area contributed by atoms with Crippen molar-refractivity contribution in [2.24, 2.45) is 0 Å². The van der Waals surface area contributed by atoms with E-state index in [2.05, 4.69) is 22.1 Å². The van der Waals surface area contributed by atoms with Crippen LogP contribution >= 0.6 is 23.1 Å². The van der Waals surface area contributed by atoms with Gasteiger partial charge in [-0.25, -0.2) is 9.97 Å². The molecule has 1 aliphatic carbocycles. The molecule has 0 amide bonds. The summed E-state index contributed by atoms with van der Waals surface area (Å²) in [6.07, 6.45) is 6.36. The van der Waals surface area contributed by atoms with Crippen LogP contribution in [0.4, 0.5) is 0 Å². The van der Waals surface area contributed by atoms with Crippen LogP contribution in [0.1, 0.15) is 33.6 Å². The predicted molar refractivity (Wildman–Crippen MR) is 121 cm³/mol. The first-order valence-electron chi connectivity index (χ1n) is 9.86. The smallest absolute Gasteiger partial charge is 0.173 e. The number of hydrogen-bond acceptors (Lipinski definition) is 5. The van der Waals surface area contributed by atoms with Crippen molar-refractivity contribution in [2.75, 3.05) is 5.75 Å². The van der Waals surface area contributed by atoms with Crippen molar-refractivity contribution in [3.8, 4) is 11.1 Å². The molecule has 3 nitrogen and oxygen atoms in total. The number of thioether (sulfide) groups is 1. The Hall–Kier alpha value is -2.50. The summed E-state index contributed by atoms with van der Waals surface area (Å²) in [7, 11) is 0. The zero-order chi connectivity index (χ0) is 19.6. The molecule has 5 rings (SSSR count). The zero-order valence-corrected chi connectivity index (χ0v) is 17.6. The van der Waals surface area contributed by atoms with E-state index in [-0.39, 0.29) is 5.78 Å². The maximum atomic E-state index is 12.8. The van der Waals surface area contributed by atoms with Crippen LogP contribution in [0.15, 0.2) is 66.0 Å². The van der Waals surface area contributed by atoms with E-state index in [4.69, 9.17) is 0 Å². The molecule has 0 N–H and O–H groups in total. The highest BCUT2D eigenvalue weighted by Gasteiger charge is 2.20. The van der Waals surface area contributed by atoms with Crippen molar-refractivity contribution in [1.82, 2.24) is 9.97 Å². The Morgan fingerprint density at radius 3 is 2.52 bits per heavy atom. The molecule has 29 heavy (non-hydrogen) atoms. The van der Waals surface area contributed by atoms with E-state index in [1.165, 1.54) is 40.4 Å². The van der Waals surface area contributed by atoms with Crippen LogP contribution in [0.5, 0.6) is 0 Å². The number of ketones is 1. The lowest BCUT2D eigenvalue weighted by Crippen LogP contribution is -2.03. The molecule has 2 aromatic carbocycles. The maximum absolute atomic E-state index is 12.8. The van der Waals surface area contributed by atoms with Crippen LogP contribution in [0.2, 0.25) is 0 Å². The molecule has 5 heteroatoms. The van der Waals surface area contributed by atoms with Crippen molar-refractivity contribution in [3.05, 3.63) is 76.9 Å². The topological polar surface area (TPSA) is 42.9 Å². The lowest BCUT2D eigenvalue weighted by molar-refractivity contribution is 0.102. The number of Topliss-reactive ketones (excluding diaryl/α,β-unsaturated/α-hetero) is 1. The molecule has 0 fully saturated rings. The highest BCUT2D eigenvalue weighted by Crippen LogP contribution is 2.39. The molecule has 2 heterocycles. The second-order valence-corrected chi connectivity index (χ2v) is 9.27. The largest absolute Gasteiger partial charge is 0.293 e. The summed E-state index contributed by atoms with van der Waals surface area (Å²) in [5.74, 6) is 0.520. The van der Waals surface area contributed by atoms with Gasteiger partial charge in [0.1, 0.15) is 16.2 Å². The number of aryl methyl sites for hydroxylation is 2. The molecule has 0 unspecified atom stereocenters. The van der Waals surface area contributed by atoms with Gasteiger partial charge in [0.2, 0.25) is 0 Å². The normalized spacial score (nSPS) is 13.4. The summed E-state index contributed by atoms with van der Waals surface area (Å²) in [5.41, 5.74) is 4.44. The van der Waals surface area contributed by atoms with E-state index in [1.807, 2.05) is 42.5 Å². The average Bonchev–Trinajstić information content (AvgIpc) is 3.17. The van der Waals surface area contributed by atoms with Gasteiger partial charge in [-0.1, -0.05) is 66.4 Å². The SMILES string of the molecule is O=C(CSc1ncnc2sc3c(c12)CCCC3)c1ccc(-c2ccccc2)cc1. The molecule has 2 aromatic heterocycles. The average molecular weight is 417 g/mol. The first-order valence-corrected chi connectivity index (χ1v) is 11.7. The Kier molecular flexibility index (Phi) is 5.17. The van der Waals surface area contributed by atoms with Crippen LogP contribution in [0.3, 0.4) is 0 Å². The van der Waals surface area contributed by atoms with Gasteiger partial charge < -0.3 is 0 Å². The third-order valence-electron chi connectivity index (χ3n) is 5.37. The van der Waals surface area contributed by atoms with E-state index in [1.54, 1.807) is 17.7 Å². The maximum Gasteiger partial charge on any atom is 0.173 e. The Morgan fingerprint density at radius 2 is 1.69 bits per heavy atom. The van der Waals surface area contributed by atoms with Crippen molar-refractivity contribution in [1.29, 1.82) is 0 Å². The fraction of sp³-hybridized carbons (Fsp3) is 0.208. The first kappa shape index (κ1) is 18.5. The van der Waals surface area contributed by atoms with Crippen molar-refractivity contribution in [3.63, 3.8) is 0 Å². The molecule has 4 aromatic rings. The highest BCUT2D eigenvalue weighted by atomic mass is 32.2. The Balaban J connectivity index is 1.34. The van der Waals surface area contributed by atoms with Crippen LogP contribution in [-0.4, -0.2) is 21.5 Å². The van der Waals surface area contributed by atoms with Gasteiger partial charge in [-0.2, -0.15) is 0 Å². The second-order valence-electron chi connectivity index (χ2n) is 7.23. The molecule has 0 spiro atoms. The van der Waals surface area contributed by atoms with Gasteiger partial charge in [-0.15, -0.1) is 11.3 Å².